The fourth-order valence-corrected chi connectivity index (χ4v) is 1.74. The summed E-state index contributed by atoms with van der Waals surface area (Å²) in [6.45, 7) is 5.98. The molecule has 0 aliphatic heterocycles. The molecule has 0 spiro atoms. The summed E-state index contributed by atoms with van der Waals surface area (Å²) in [5.41, 5.74) is 6.39. The van der Waals surface area contributed by atoms with Crippen molar-refractivity contribution in [3.63, 3.8) is 0 Å². The van der Waals surface area contributed by atoms with Gasteiger partial charge < -0.3 is 0 Å². The van der Waals surface area contributed by atoms with Crippen molar-refractivity contribution >= 4 is 23.6 Å². The first-order chi connectivity index (χ1) is 8.49. The van der Waals surface area contributed by atoms with E-state index >= 15 is 0 Å². The smallest absolute Gasteiger partial charge is 0.269 e. The molecule has 4 nitrogen and oxygen atoms in total. The van der Waals surface area contributed by atoms with Crippen LogP contribution in [0.3, 0.4) is 0 Å². The summed E-state index contributed by atoms with van der Waals surface area (Å²) in [4.78, 5) is 23.1. The van der Waals surface area contributed by atoms with Crippen LogP contribution in [0, 0.1) is 6.92 Å². The number of hydrazine groups is 1. The van der Waals surface area contributed by atoms with Gasteiger partial charge in [0.2, 0.25) is 5.91 Å². The van der Waals surface area contributed by atoms with E-state index in [1.165, 1.54) is 11.8 Å². The van der Waals surface area contributed by atoms with Crippen molar-refractivity contribution in [1.29, 1.82) is 0 Å². The number of thioether (sulfide) groups is 1. The molecule has 0 saturated heterocycles. The summed E-state index contributed by atoms with van der Waals surface area (Å²) < 4.78 is 0. The number of aryl methyl sites for hydroxylation is 1. The summed E-state index contributed by atoms with van der Waals surface area (Å²) in [6.07, 6.45) is 0. The van der Waals surface area contributed by atoms with Gasteiger partial charge >= 0.3 is 0 Å². The number of amides is 2. The van der Waals surface area contributed by atoms with Crippen LogP contribution in [0.1, 0.15) is 29.8 Å². The Morgan fingerprint density at radius 2 is 1.78 bits per heavy atom. The molecule has 0 atom stereocenters. The minimum Gasteiger partial charge on any atom is -0.272 e. The normalized spacial score (nSPS) is 10.2. The minimum atomic E-state index is -0.308. The van der Waals surface area contributed by atoms with E-state index in [4.69, 9.17) is 0 Å². The summed E-state index contributed by atoms with van der Waals surface area (Å²) >= 11 is 1.53. The van der Waals surface area contributed by atoms with Crippen molar-refractivity contribution < 1.29 is 9.59 Å². The van der Waals surface area contributed by atoms with E-state index in [1.807, 2.05) is 32.9 Å². The molecule has 5 heteroatoms. The van der Waals surface area contributed by atoms with Crippen LogP contribution in [-0.4, -0.2) is 22.8 Å². The summed E-state index contributed by atoms with van der Waals surface area (Å²) in [5, 5.41) is 0.392. The first-order valence-corrected chi connectivity index (χ1v) is 6.81. The molecule has 98 valence electrons. The molecule has 0 saturated carbocycles. The highest BCUT2D eigenvalue weighted by molar-refractivity contribution is 8.00. The molecular formula is C13H18N2O2S. The van der Waals surface area contributed by atoms with Crippen molar-refractivity contribution in [2.45, 2.75) is 26.0 Å². The molecule has 1 rings (SSSR count). The van der Waals surface area contributed by atoms with Crippen LogP contribution in [-0.2, 0) is 4.79 Å². The van der Waals surface area contributed by atoms with E-state index < -0.39 is 0 Å². The standard InChI is InChI=1S/C13H18N2O2S/c1-9(2)18-8-12(16)14-15-13(17)11-6-4-10(3)5-7-11/h4-7,9H,8H2,1-3H3,(H,14,16)(H,15,17). The van der Waals surface area contributed by atoms with Gasteiger partial charge in [-0.25, -0.2) is 0 Å². The summed E-state index contributed by atoms with van der Waals surface area (Å²) in [7, 11) is 0. The van der Waals surface area contributed by atoms with E-state index in [0.29, 0.717) is 16.6 Å². The third-order valence-corrected chi connectivity index (χ3v) is 3.27. The van der Waals surface area contributed by atoms with Gasteiger partial charge in [0.1, 0.15) is 0 Å². The van der Waals surface area contributed by atoms with Crippen LogP contribution < -0.4 is 10.9 Å². The van der Waals surface area contributed by atoms with E-state index in [9.17, 15) is 9.59 Å². The molecule has 0 fully saturated rings. The highest BCUT2D eigenvalue weighted by atomic mass is 32.2. The first kappa shape index (κ1) is 14.6. The average Bonchev–Trinajstić information content (AvgIpc) is 2.34. The zero-order chi connectivity index (χ0) is 13.5. The SMILES string of the molecule is Cc1ccc(C(=O)NNC(=O)CSC(C)C)cc1. The number of hydrogen-bond acceptors (Lipinski definition) is 3. The lowest BCUT2D eigenvalue weighted by Crippen LogP contribution is -2.42. The molecule has 1 aromatic carbocycles. The Hall–Kier alpha value is -1.49. The predicted octanol–water partition coefficient (Wildman–Crippen LogP) is 1.90. The quantitative estimate of drug-likeness (QED) is 0.818. The molecule has 0 aromatic heterocycles. The second-order valence-corrected chi connectivity index (χ2v) is 5.79. The Kier molecular flexibility index (Phi) is 5.71. The highest BCUT2D eigenvalue weighted by Crippen LogP contribution is 2.07. The van der Waals surface area contributed by atoms with E-state index in [0.717, 1.165) is 5.56 Å². The van der Waals surface area contributed by atoms with Gasteiger partial charge in [0, 0.05) is 5.56 Å². The Morgan fingerprint density at radius 1 is 1.17 bits per heavy atom. The van der Waals surface area contributed by atoms with Gasteiger partial charge in [0.15, 0.2) is 0 Å². The van der Waals surface area contributed by atoms with Crippen LogP contribution in [0.4, 0.5) is 0 Å². The molecule has 0 aliphatic carbocycles. The van der Waals surface area contributed by atoms with E-state index in [2.05, 4.69) is 10.9 Å². The van der Waals surface area contributed by atoms with Crippen LogP contribution >= 0.6 is 11.8 Å². The maximum Gasteiger partial charge on any atom is 0.269 e. The molecule has 1 aromatic rings. The second kappa shape index (κ2) is 7.06. The Labute approximate surface area is 112 Å². The fraction of sp³-hybridized carbons (Fsp3) is 0.385. The Bertz CT molecular complexity index is 416. The van der Waals surface area contributed by atoms with Gasteiger partial charge in [-0.1, -0.05) is 31.5 Å². The highest BCUT2D eigenvalue weighted by Gasteiger charge is 2.07. The molecule has 0 radical (unpaired) electrons. The Morgan fingerprint density at radius 3 is 2.33 bits per heavy atom. The molecule has 0 aliphatic rings. The molecule has 0 heterocycles. The van der Waals surface area contributed by atoms with Gasteiger partial charge in [0.25, 0.3) is 5.91 Å². The molecule has 0 unspecified atom stereocenters. The molecule has 18 heavy (non-hydrogen) atoms. The van der Waals surface area contributed by atoms with Crippen molar-refractivity contribution in [3.8, 4) is 0 Å². The largest absolute Gasteiger partial charge is 0.272 e. The molecule has 2 N–H and O–H groups in total. The lowest BCUT2D eigenvalue weighted by molar-refractivity contribution is -0.119. The van der Waals surface area contributed by atoms with Gasteiger partial charge in [-0.3, -0.25) is 20.4 Å². The number of hydrogen-bond donors (Lipinski definition) is 2. The Balaban J connectivity index is 2.37. The molecule has 2 amide bonds. The second-order valence-electron chi connectivity index (χ2n) is 4.23. The lowest BCUT2D eigenvalue weighted by atomic mass is 10.1. The lowest BCUT2D eigenvalue weighted by Gasteiger charge is -2.08. The first-order valence-electron chi connectivity index (χ1n) is 5.76. The van der Waals surface area contributed by atoms with Crippen molar-refractivity contribution in [1.82, 2.24) is 10.9 Å². The van der Waals surface area contributed by atoms with Crippen LogP contribution in [0.25, 0.3) is 0 Å². The fourth-order valence-electron chi connectivity index (χ4n) is 1.18. The number of rotatable bonds is 4. The van der Waals surface area contributed by atoms with Gasteiger partial charge in [-0.2, -0.15) is 0 Å². The topological polar surface area (TPSA) is 58.2 Å². The molecule has 0 bridgehead atoms. The average molecular weight is 266 g/mol. The third-order valence-electron chi connectivity index (χ3n) is 2.18. The molecular weight excluding hydrogens is 248 g/mol. The zero-order valence-corrected chi connectivity index (χ0v) is 11.6. The van der Waals surface area contributed by atoms with Crippen LogP contribution in [0.5, 0.6) is 0 Å². The number of nitrogens with one attached hydrogen (secondary N) is 2. The number of benzene rings is 1. The van der Waals surface area contributed by atoms with Crippen molar-refractivity contribution in [2.24, 2.45) is 0 Å². The van der Waals surface area contributed by atoms with Crippen LogP contribution in [0.15, 0.2) is 24.3 Å². The van der Waals surface area contributed by atoms with Gasteiger partial charge in [-0.05, 0) is 24.3 Å². The zero-order valence-electron chi connectivity index (χ0n) is 10.8. The number of carbonyl (C=O) groups is 2. The van der Waals surface area contributed by atoms with Crippen LogP contribution in [0.2, 0.25) is 0 Å². The third kappa shape index (κ3) is 5.23. The van der Waals surface area contributed by atoms with Crippen molar-refractivity contribution in [2.75, 3.05) is 5.75 Å². The number of carbonyl (C=O) groups excluding carboxylic acids is 2. The summed E-state index contributed by atoms with van der Waals surface area (Å²) in [6, 6.07) is 7.15. The van der Waals surface area contributed by atoms with Gasteiger partial charge in [0.05, 0.1) is 5.75 Å². The maximum atomic E-state index is 11.7. The predicted molar refractivity (Wildman–Crippen MR) is 74.4 cm³/mol. The summed E-state index contributed by atoms with van der Waals surface area (Å²) in [5.74, 6) is -0.168. The van der Waals surface area contributed by atoms with Crippen molar-refractivity contribution in [3.05, 3.63) is 35.4 Å². The van der Waals surface area contributed by atoms with Gasteiger partial charge in [-0.15, -0.1) is 11.8 Å². The monoisotopic (exact) mass is 266 g/mol. The van der Waals surface area contributed by atoms with E-state index in [1.54, 1.807) is 12.1 Å². The minimum absolute atomic E-state index is 0.200. The maximum absolute atomic E-state index is 11.7. The van der Waals surface area contributed by atoms with E-state index in [-0.39, 0.29) is 11.8 Å².